The summed E-state index contributed by atoms with van der Waals surface area (Å²) in [5.74, 6) is 0.599. The smallest absolute Gasteiger partial charge is 0.194 e. The summed E-state index contributed by atoms with van der Waals surface area (Å²) in [6.07, 6.45) is 0. The van der Waals surface area contributed by atoms with Crippen molar-refractivity contribution >= 4 is 22.0 Å². The number of aryl methyl sites for hydroxylation is 2. The first-order valence-electron chi connectivity index (χ1n) is 6.63. The van der Waals surface area contributed by atoms with Gasteiger partial charge in [-0.2, -0.15) is 0 Å². The Morgan fingerprint density at radius 1 is 1.38 bits per heavy atom. The fourth-order valence-electron chi connectivity index (χ4n) is 2.36. The Balaban J connectivity index is 1.85. The summed E-state index contributed by atoms with van der Waals surface area (Å²) in [7, 11) is 1.54. The number of aromatic hydroxyl groups is 1. The van der Waals surface area contributed by atoms with E-state index in [1.54, 1.807) is 23.5 Å². The molecule has 2 aromatic heterocycles. The molecule has 0 atom stereocenters. The van der Waals surface area contributed by atoms with Gasteiger partial charge >= 0.3 is 0 Å². The van der Waals surface area contributed by atoms with Gasteiger partial charge in [0.15, 0.2) is 16.5 Å². The van der Waals surface area contributed by atoms with Crippen LogP contribution >= 0.6 is 11.3 Å². The molecule has 21 heavy (non-hydrogen) atoms. The molecule has 0 aliphatic carbocycles. The zero-order chi connectivity index (χ0) is 15.0. The molecule has 0 saturated heterocycles. The zero-order valence-electron chi connectivity index (χ0n) is 12.2. The van der Waals surface area contributed by atoms with Gasteiger partial charge < -0.3 is 15.2 Å². The Morgan fingerprint density at radius 2 is 2.19 bits per heavy atom. The van der Waals surface area contributed by atoms with Gasteiger partial charge in [0.1, 0.15) is 0 Å². The van der Waals surface area contributed by atoms with Crippen molar-refractivity contribution in [2.45, 2.75) is 20.4 Å². The first-order chi connectivity index (χ1) is 10.1. The van der Waals surface area contributed by atoms with Crippen LogP contribution in [0.3, 0.4) is 0 Å². The van der Waals surface area contributed by atoms with E-state index in [-0.39, 0.29) is 5.75 Å². The fraction of sp³-hybridized carbons (Fsp3) is 0.267. The number of anilines is 1. The second-order valence-electron chi connectivity index (χ2n) is 4.88. The molecule has 0 amide bonds. The van der Waals surface area contributed by atoms with Crippen molar-refractivity contribution in [2.24, 2.45) is 0 Å². The van der Waals surface area contributed by atoms with Gasteiger partial charge in [-0.15, -0.1) is 11.3 Å². The van der Waals surface area contributed by atoms with Gasteiger partial charge in [-0.1, -0.05) is 0 Å². The van der Waals surface area contributed by atoms with Crippen molar-refractivity contribution < 1.29 is 9.84 Å². The number of phenols is 1. The molecular formula is C15H17N3O2S. The molecule has 0 spiro atoms. The fourth-order valence-corrected chi connectivity index (χ4v) is 3.29. The van der Waals surface area contributed by atoms with Crippen LogP contribution < -0.4 is 10.1 Å². The van der Waals surface area contributed by atoms with E-state index in [9.17, 15) is 5.11 Å². The van der Waals surface area contributed by atoms with Crippen molar-refractivity contribution in [3.05, 3.63) is 40.7 Å². The number of fused-ring (bicyclic) bond motifs is 1. The van der Waals surface area contributed by atoms with E-state index in [0.29, 0.717) is 12.3 Å². The van der Waals surface area contributed by atoms with Crippen LogP contribution in [0, 0.1) is 13.8 Å². The van der Waals surface area contributed by atoms with Gasteiger partial charge in [-0.05, 0) is 26.0 Å². The number of ether oxygens (including phenoxy) is 1. The van der Waals surface area contributed by atoms with E-state index in [1.165, 1.54) is 12.8 Å². The van der Waals surface area contributed by atoms with Crippen LogP contribution in [0.25, 0.3) is 4.96 Å². The molecule has 1 aromatic carbocycles. The standard InChI is InChI=1S/C15H17N3O2S/c1-9-8-21-15-17-10(2)12(18(9)15)7-16-11-4-5-14(20-3)13(19)6-11/h4-6,8,16,19H,7H2,1-3H3. The number of imidazole rings is 1. The number of thiazole rings is 1. The van der Waals surface area contributed by atoms with Crippen LogP contribution in [0.15, 0.2) is 23.6 Å². The lowest BCUT2D eigenvalue weighted by Crippen LogP contribution is -2.04. The van der Waals surface area contributed by atoms with Crippen molar-refractivity contribution in [2.75, 3.05) is 12.4 Å². The van der Waals surface area contributed by atoms with Gasteiger partial charge in [0.25, 0.3) is 0 Å². The van der Waals surface area contributed by atoms with E-state index in [1.807, 2.05) is 13.0 Å². The monoisotopic (exact) mass is 303 g/mol. The summed E-state index contributed by atoms with van der Waals surface area (Å²) in [6.45, 7) is 4.74. The number of hydrogen-bond donors (Lipinski definition) is 2. The highest BCUT2D eigenvalue weighted by atomic mass is 32.1. The summed E-state index contributed by atoms with van der Waals surface area (Å²) in [6, 6.07) is 5.28. The maximum atomic E-state index is 9.81. The average Bonchev–Trinajstić information content (AvgIpc) is 2.96. The van der Waals surface area contributed by atoms with Crippen LogP contribution in [-0.2, 0) is 6.54 Å². The average molecular weight is 303 g/mol. The van der Waals surface area contributed by atoms with Crippen molar-refractivity contribution in [3.63, 3.8) is 0 Å². The van der Waals surface area contributed by atoms with Crippen molar-refractivity contribution in [1.82, 2.24) is 9.38 Å². The largest absolute Gasteiger partial charge is 0.504 e. The lowest BCUT2D eigenvalue weighted by Gasteiger charge is -2.09. The minimum absolute atomic E-state index is 0.129. The van der Waals surface area contributed by atoms with E-state index in [4.69, 9.17) is 4.74 Å². The zero-order valence-corrected chi connectivity index (χ0v) is 13.0. The molecule has 5 nitrogen and oxygen atoms in total. The van der Waals surface area contributed by atoms with Gasteiger partial charge in [0, 0.05) is 22.8 Å². The normalized spacial score (nSPS) is 11.0. The van der Waals surface area contributed by atoms with Crippen LogP contribution in [0.1, 0.15) is 17.1 Å². The molecule has 3 aromatic rings. The minimum atomic E-state index is 0.129. The Morgan fingerprint density at radius 3 is 2.90 bits per heavy atom. The lowest BCUT2D eigenvalue weighted by molar-refractivity contribution is 0.373. The Hall–Kier alpha value is -2.21. The molecule has 110 valence electrons. The minimum Gasteiger partial charge on any atom is -0.504 e. The van der Waals surface area contributed by atoms with E-state index < -0.39 is 0 Å². The third-order valence-corrected chi connectivity index (χ3v) is 4.41. The second-order valence-corrected chi connectivity index (χ2v) is 5.72. The van der Waals surface area contributed by atoms with Crippen LogP contribution in [0.2, 0.25) is 0 Å². The third-order valence-electron chi connectivity index (χ3n) is 3.47. The molecule has 3 rings (SSSR count). The number of nitrogens with zero attached hydrogens (tertiary/aromatic N) is 2. The highest BCUT2D eigenvalue weighted by molar-refractivity contribution is 7.15. The molecule has 0 radical (unpaired) electrons. The van der Waals surface area contributed by atoms with Crippen molar-refractivity contribution in [1.29, 1.82) is 0 Å². The number of phenolic OH excluding ortho intramolecular Hbond substituents is 1. The summed E-state index contributed by atoms with van der Waals surface area (Å²) < 4.78 is 7.20. The number of rotatable bonds is 4. The molecule has 0 fully saturated rings. The number of aromatic nitrogens is 2. The third kappa shape index (κ3) is 2.42. The molecule has 0 unspecified atom stereocenters. The molecule has 0 saturated carbocycles. The molecule has 0 aliphatic rings. The van der Waals surface area contributed by atoms with E-state index in [2.05, 4.69) is 27.0 Å². The summed E-state index contributed by atoms with van der Waals surface area (Å²) >= 11 is 1.65. The second kappa shape index (κ2) is 5.29. The highest BCUT2D eigenvalue weighted by Crippen LogP contribution is 2.29. The number of hydrogen-bond acceptors (Lipinski definition) is 5. The Labute approximate surface area is 126 Å². The predicted octanol–water partition coefficient (Wildman–Crippen LogP) is 3.34. The summed E-state index contributed by atoms with van der Waals surface area (Å²) in [5.41, 5.74) is 4.19. The number of benzene rings is 1. The number of methoxy groups -OCH3 is 1. The topological polar surface area (TPSA) is 58.8 Å². The summed E-state index contributed by atoms with van der Waals surface area (Å²) in [5, 5.41) is 15.2. The Kier molecular flexibility index (Phi) is 3.47. The maximum Gasteiger partial charge on any atom is 0.194 e. The predicted molar refractivity (Wildman–Crippen MR) is 84.5 cm³/mol. The molecule has 2 N–H and O–H groups in total. The van der Waals surface area contributed by atoms with Gasteiger partial charge in [-0.25, -0.2) is 4.98 Å². The van der Waals surface area contributed by atoms with Crippen LogP contribution in [0.4, 0.5) is 5.69 Å². The first kappa shape index (κ1) is 13.8. The van der Waals surface area contributed by atoms with Crippen molar-refractivity contribution in [3.8, 4) is 11.5 Å². The molecule has 2 heterocycles. The molecular weight excluding hydrogens is 286 g/mol. The SMILES string of the molecule is COc1ccc(NCc2c(C)nc3scc(C)n23)cc1O. The molecule has 0 aliphatic heterocycles. The van der Waals surface area contributed by atoms with E-state index >= 15 is 0 Å². The van der Waals surface area contributed by atoms with Crippen LogP contribution in [0.5, 0.6) is 11.5 Å². The van der Waals surface area contributed by atoms with Gasteiger partial charge in [0.2, 0.25) is 0 Å². The van der Waals surface area contributed by atoms with Crippen LogP contribution in [-0.4, -0.2) is 21.6 Å². The quantitative estimate of drug-likeness (QED) is 0.776. The van der Waals surface area contributed by atoms with Gasteiger partial charge in [-0.3, -0.25) is 4.40 Å². The lowest BCUT2D eigenvalue weighted by atomic mass is 10.2. The molecule has 0 bridgehead atoms. The Bertz CT molecular complexity index is 792. The highest BCUT2D eigenvalue weighted by Gasteiger charge is 2.12. The first-order valence-corrected chi connectivity index (χ1v) is 7.51. The van der Waals surface area contributed by atoms with E-state index in [0.717, 1.165) is 22.0 Å². The maximum absolute atomic E-state index is 9.81. The number of nitrogens with one attached hydrogen (secondary N) is 1. The summed E-state index contributed by atoms with van der Waals surface area (Å²) in [4.78, 5) is 5.58. The molecule has 6 heteroatoms. The van der Waals surface area contributed by atoms with Gasteiger partial charge in [0.05, 0.1) is 25.0 Å².